The standard InChI is InChI=1S/C19H30N4O/c1-4-20-19(21-12-8-14-23-13-7-11-18(23)24)22(3)15-17-10-6-5-9-16(17)2/h5-6,9-10H,4,7-8,11-15H2,1-3H3,(H,20,21). The summed E-state index contributed by atoms with van der Waals surface area (Å²) >= 11 is 0. The Morgan fingerprint density at radius 2 is 2.17 bits per heavy atom. The Morgan fingerprint density at radius 3 is 2.83 bits per heavy atom. The van der Waals surface area contributed by atoms with Gasteiger partial charge in [0, 0.05) is 46.2 Å². The predicted octanol–water partition coefficient (Wildman–Crippen LogP) is 2.40. The van der Waals surface area contributed by atoms with E-state index in [1.54, 1.807) is 0 Å². The fourth-order valence-electron chi connectivity index (χ4n) is 2.97. The van der Waals surface area contributed by atoms with Crippen molar-refractivity contribution >= 4 is 11.9 Å². The summed E-state index contributed by atoms with van der Waals surface area (Å²) in [4.78, 5) is 20.5. The number of carbonyl (C=O) groups excluding carboxylic acids is 1. The van der Waals surface area contributed by atoms with Crippen LogP contribution >= 0.6 is 0 Å². The van der Waals surface area contributed by atoms with E-state index in [-0.39, 0.29) is 0 Å². The first-order valence-corrected chi connectivity index (χ1v) is 8.93. The van der Waals surface area contributed by atoms with Gasteiger partial charge < -0.3 is 15.1 Å². The SMILES string of the molecule is CCNC(=NCCCN1CCCC1=O)N(C)Cc1ccccc1C. The molecule has 1 saturated heterocycles. The van der Waals surface area contributed by atoms with Crippen LogP contribution in [0.5, 0.6) is 0 Å². The van der Waals surface area contributed by atoms with Gasteiger partial charge in [0.1, 0.15) is 0 Å². The van der Waals surface area contributed by atoms with Gasteiger partial charge in [0.2, 0.25) is 5.91 Å². The first-order valence-electron chi connectivity index (χ1n) is 8.93. The molecule has 1 aliphatic rings. The van der Waals surface area contributed by atoms with Crippen molar-refractivity contribution < 1.29 is 4.79 Å². The number of aliphatic imine (C=N–C) groups is 1. The van der Waals surface area contributed by atoms with Crippen molar-refractivity contribution in [3.63, 3.8) is 0 Å². The normalized spacial score (nSPS) is 15.0. The average molecular weight is 330 g/mol. The van der Waals surface area contributed by atoms with Crippen LogP contribution in [0.3, 0.4) is 0 Å². The molecule has 0 aliphatic carbocycles. The summed E-state index contributed by atoms with van der Waals surface area (Å²) < 4.78 is 0. The largest absolute Gasteiger partial charge is 0.357 e. The molecule has 0 saturated carbocycles. The Bertz CT molecular complexity index is 570. The molecule has 5 heteroatoms. The van der Waals surface area contributed by atoms with Gasteiger partial charge in [-0.1, -0.05) is 24.3 Å². The highest BCUT2D eigenvalue weighted by molar-refractivity contribution is 5.79. The number of aryl methyl sites for hydroxylation is 1. The van der Waals surface area contributed by atoms with Crippen molar-refractivity contribution in [1.82, 2.24) is 15.1 Å². The second kappa shape index (κ2) is 9.30. The summed E-state index contributed by atoms with van der Waals surface area (Å²) in [6.07, 6.45) is 2.63. The minimum Gasteiger partial charge on any atom is -0.357 e. The molecule has 1 amide bonds. The lowest BCUT2D eigenvalue weighted by Crippen LogP contribution is -2.38. The Hall–Kier alpha value is -2.04. The quantitative estimate of drug-likeness (QED) is 0.474. The molecule has 1 fully saturated rings. The van der Waals surface area contributed by atoms with Gasteiger partial charge >= 0.3 is 0 Å². The Kier molecular flexibility index (Phi) is 7.09. The molecule has 0 aromatic heterocycles. The van der Waals surface area contributed by atoms with Crippen LogP contribution in [0.4, 0.5) is 0 Å². The molecule has 1 heterocycles. The van der Waals surface area contributed by atoms with Gasteiger partial charge in [-0.15, -0.1) is 0 Å². The van der Waals surface area contributed by atoms with Crippen molar-refractivity contribution in [3.8, 4) is 0 Å². The molecule has 24 heavy (non-hydrogen) atoms. The average Bonchev–Trinajstić information content (AvgIpc) is 2.97. The molecule has 132 valence electrons. The highest BCUT2D eigenvalue weighted by Crippen LogP contribution is 2.11. The number of rotatable bonds is 7. The zero-order valence-electron chi connectivity index (χ0n) is 15.2. The number of carbonyl (C=O) groups is 1. The molecule has 0 spiro atoms. The van der Waals surface area contributed by atoms with Crippen molar-refractivity contribution in [2.75, 3.05) is 33.2 Å². The van der Waals surface area contributed by atoms with Gasteiger partial charge in [0.05, 0.1) is 0 Å². The maximum atomic E-state index is 11.6. The third kappa shape index (κ3) is 5.25. The molecule has 0 atom stereocenters. The third-order valence-corrected chi connectivity index (χ3v) is 4.38. The maximum absolute atomic E-state index is 11.6. The van der Waals surface area contributed by atoms with E-state index in [4.69, 9.17) is 4.99 Å². The molecule has 1 aromatic carbocycles. The monoisotopic (exact) mass is 330 g/mol. The molecular formula is C19H30N4O. The van der Waals surface area contributed by atoms with E-state index < -0.39 is 0 Å². The number of hydrogen-bond acceptors (Lipinski definition) is 2. The van der Waals surface area contributed by atoms with Crippen molar-refractivity contribution in [2.24, 2.45) is 4.99 Å². The maximum Gasteiger partial charge on any atom is 0.222 e. The van der Waals surface area contributed by atoms with E-state index >= 15 is 0 Å². The molecule has 5 nitrogen and oxygen atoms in total. The van der Waals surface area contributed by atoms with Gasteiger partial charge in [-0.05, 0) is 37.8 Å². The number of benzene rings is 1. The number of likely N-dealkylation sites (tertiary alicyclic amines) is 1. The fourth-order valence-corrected chi connectivity index (χ4v) is 2.97. The first-order chi connectivity index (χ1) is 11.6. The van der Waals surface area contributed by atoms with Crippen LogP contribution in [0.15, 0.2) is 29.3 Å². The summed E-state index contributed by atoms with van der Waals surface area (Å²) in [6.45, 7) is 8.38. The fraction of sp³-hybridized carbons (Fsp3) is 0.579. The van der Waals surface area contributed by atoms with Crippen LogP contribution in [0.1, 0.15) is 37.3 Å². The Labute approximate surface area is 145 Å². The lowest BCUT2D eigenvalue weighted by atomic mass is 10.1. The van der Waals surface area contributed by atoms with E-state index in [0.717, 1.165) is 51.5 Å². The minimum atomic E-state index is 0.294. The second-order valence-electron chi connectivity index (χ2n) is 6.36. The predicted molar refractivity (Wildman–Crippen MR) is 99.1 cm³/mol. The molecule has 1 N–H and O–H groups in total. The van der Waals surface area contributed by atoms with Crippen LogP contribution in [0.25, 0.3) is 0 Å². The smallest absolute Gasteiger partial charge is 0.222 e. The van der Waals surface area contributed by atoms with E-state index in [1.165, 1.54) is 11.1 Å². The number of amides is 1. The summed E-state index contributed by atoms with van der Waals surface area (Å²) in [5.41, 5.74) is 2.61. The van der Waals surface area contributed by atoms with Crippen LogP contribution in [-0.4, -0.2) is 54.9 Å². The highest BCUT2D eigenvalue weighted by atomic mass is 16.2. The van der Waals surface area contributed by atoms with Crippen LogP contribution in [-0.2, 0) is 11.3 Å². The number of nitrogens with one attached hydrogen (secondary N) is 1. The second-order valence-corrected chi connectivity index (χ2v) is 6.36. The van der Waals surface area contributed by atoms with E-state index in [1.807, 2.05) is 4.90 Å². The van der Waals surface area contributed by atoms with E-state index in [2.05, 4.69) is 55.4 Å². The van der Waals surface area contributed by atoms with E-state index in [9.17, 15) is 4.79 Å². The van der Waals surface area contributed by atoms with Crippen LogP contribution in [0, 0.1) is 6.92 Å². The van der Waals surface area contributed by atoms with Gasteiger partial charge in [0.15, 0.2) is 5.96 Å². The van der Waals surface area contributed by atoms with Gasteiger partial charge in [-0.3, -0.25) is 9.79 Å². The minimum absolute atomic E-state index is 0.294. The molecule has 2 rings (SSSR count). The number of hydrogen-bond donors (Lipinski definition) is 1. The summed E-state index contributed by atoms with van der Waals surface area (Å²) in [5.74, 6) is 1.22. The Balaban J connectivity index is 1.87. The summed E-state index contributed by atoms with van der Waals surface area (Å²) in [7, 11) is 2.07. The highest BCUT2D eigenvalue weighted by Gasteiger charge is 2.18. The van der Waals surface area contributed by atoms with Gasteiger partial charge in [-0.2, -0.15) is 0 Å². The molecule has 0 radical (unpaired) electrons. The van der Waals surface area contributed by atoms with Gasteiger partial charge in [-0.25, -0.2) is 0 Å². The number of nitrogens with zero attached hydrogens (tertiary/aromatic N) is 3. The number of guanidine groups is 1. The lowest BCUT2D eigenvalue weighted by Gasteiger charge is -2.23. The molecule has 1 aromatic rings. The molecule has 0 unspecified atom stereocenters. The topological polar surface area (TPSA) is 47.9 Å². The van der Waals surface area contributed by atoms with Crippen LogP contribution < -0.4 is 5.32 Å². The first kappa shape index (κ1) is 18.3. The van der Waals surface area contributed by atoms with Gasteiger partial charge in [0.25, 0.3) is 0 Å². The molecule has 0 bridgehead atoms. The lowest BCUT2D eigenvalue weighted by molar-refractivity contribution is -0.127. The van der Waals surface area contributed by atoms with Crippen molar-refractivity contribution in [1.29, 1.82) is 0 Å². The molecule has 1 aliphatic heterocycles. The summed E-state index contributed by atoms with van der Waals surface area (Å²) in [5, 5.41) is 3.35. The Morgan fingerprint density at radius 1 is 1.38 bits per heavy atom. The van der Waals surface area contributed by atoms with Crippen molar-refractivity contribution in [3.05, 3.63) is 35.4 Å². The van der Waals surface area contributed by atoms with Crippen LogP contribution in [0.2, 0.25) is 0 Å². The zero-order valence-corrected chi connectivity index (χ0v) is 15.2. The summed E-state index contributed by atoms with van der Waals surface area (Å²) in [6, 6.07) is 8.44. The molecular weight excluding hydrogens is 300 g/mol. The van der Waals surface area contributed by atoms with E-state index in [0.29, 0.717) is 12.3 Å². The zero-order chi connectivity index (χ0) is 17.4. The van der Waals surface area contributed by atoms with Crippen molar-refractivity contribution in [2.45, 2.75) is 39.7 Å². The third-order valence-electron chi connectivity index (χ3n) is 4.38.